The van der Waals surface area contributed by atoms with Gasteiger partial charge in [-0.1, -0.05) is 22.0 Å². The number of nitro groups is 1. The Balaban J connectivity index is 2.56. The Labute approximate surface area is 100 Å². The van der Waals surface area contributed by atoms with Gasteiger partial charge < -0.3 is 4.57 Å². The van der Waals surface area contributed by atoms with E-state index < -0.39 is 4.92 Å². The van der Waals surface area contributed by atoms with Crippen LogP contribution in [-0.2, 0) is 7.05 Å². The van der Waals surface area contributed by atoms with E-state index in [2.05, 4.69) is 15.9 Å². The topological polar surface area (TPSA) is 48.1 Å². The third kappa shape index (κ3) is 1.99. The molecule has 0 saturated carbocycles. The lowest BCUT2D eigenvalue weighted by atomic mass is 10.2. The second-order valence-corrected chi connectivity index (χ2v) is 4.35. The molecule has 2 aromatic rings. The minimum absolute atomic E-state index is 0.465. The highest BCUT2D eigenvalue weighted by atomic mass is 79.9. The van der Waals surface area contributed by atoms with Gasteiger partial charge in [0, 0.05) is 34.2 Å². The normalized spacial score (nSPS) is 11.4. The maximum atomic E-state index is 10.3. The molecule has 0 bridgehead atoms. The molecule has 1 aromatic heterocycles. The van der Waals surface area contributed by atoms with E-state index in [0.717, 1.165) is 27.3 Å². The fourth-order valence-corrected chi connectivity index (χ4v) is 1.97. The van der Waals surface area contributed by atoms with Crippen molar-refractivity contribution in [2.24, 2.45) is 7.05 Å². The number of halogens is 1. The first-order chi connectivity index (χ1) is 7.58. The van der Waals surface area contributed by atoms with Crippen LogP contribution in [0.2, 0.25) is 0 Å². The molecular formula is C11H9BrN2O2. The SMILES string of the molecule is Cn1c(/C=C/[N+](=O)[O-])cc2ccc(Br)cc21. The number of aromatic nitrogens is 1. The first kappa shape index (κ1) is 10.9. The molecule has 0 unspecified atom stereocenters. The first-order valence-corrected chi connectivity index (χ1v) is 5.44. The molecule has 0 aliphatic heterocycles. The van der Waals surface area contributed by atoms with Crippen molar-refractivity contribution < 1.29 is 4.92 Å². The van der Waals surface area contributed by atoms with E-state index in [9.17, 15) is 10.1 Å². The Morgan fingerprint density at radius 2 is 2.19 bits per heavy atom. The third-order valence-corrected chi connectivity index (χ3v) is 2.90. The van der Waals surface area contributed by atoms with Crippen molar-refractivity contribution in [1.82, 2.24) is 4.57 Å². The summed E-state index contributed by atoms with van der Waals surface area (Å²) in [5.41, 5.74) is 1.85. The van der Waals surface area contributed by atoms with Gasteiger partial charge in [-0.2, -0.15) is 0 Å². The third-order valence-electron chi connectivity index (χ3n) is 2.41. The van der Waals surface area contributed by atoms with Crippen molar-refractivity contribution in [3.63, 3.8) is 0 Å². The molecule has 0 aliphatic carbocycles. The van der Waals surface area contributed by atoms with Crippen molar-refractivity contribution >= 4 is 32.9 Å². The number of nitrogens with zero attached hydrogens (tertiary/aromatic N) is 2. The molecular weight excluding hydrogens is 272 g/mol. The molecule has 0 spiro atoms. The predicted molar refractivity (Wildman–Crippen MR) is 66.6 cm³/mol. The summed E-state index contributed by atoms with van der Waals surface area (Å²) < 4.78 is 2.91. The summed E-state index contributed by atoms with van der Waals surface area (Å²) in [6.07, 6.45) is 2.44. The minimum atomic E-state index is -0.465. The van der Waals surface area contributed by atoms with Gasteiger partial charge in [-0.15, -0.1) is 0 Å². The van der Waals surface area contributed by atoms with E-state index in [1.165, 1.54) is 6.08 Å². The Morgan fingerprint density at radius 1 is 1.44 bits per heavy atom. The molecule has 1 aromatic carbocycles. The lowest BCUT2D eigenvalue weighted by molar-refractivity contribution is -0.401. The minimum Gasteiger partial charge on any atom is -0.344 e. The number of hydrogen-bond acceptors (Lipinski definition) is 2. The van der Waals surface area contributed by atoms with Crippen LogP contribution in [0.4, 0.5) is 0 Å². The Morgan fingerprint density at radius 3 is 2.88 bits per heavy atom. The van der Waals surface area contributed by atoms with Crippen LogP contribution >= 0.6 is 15.9 Å². The highest BCUT2D eigenvalue weighted by Crippen LogP contribution is 2.23. The van der Waals surface area contributed by atoms with Crippen LogP contribution in [0.5, 0.6) is 0 Å². The second-order valence-electron chi connectivity index (χ2n) is 3.43. The molecule has 82 valence electrons. The summed E-state index contributed by atoms with van der Waals surface area (Å²) in [6.45, 7) is 0. The van der Waals surface area contributed by atoms with Crippen molar-refractivity contribution in [1.29, 1.82) is 0 Å². The molecule has 4 nitrogen and oxygen atoms in total. The Bertz CT molecular complexity index is 587. The highest BCUT2D eigenvalue weighted by molar-refractivity contribution is 9.10. The fourth-order valence-electron chi connectivity index (χ4n) is 1.62. The standard InChI is InChI=1S/C11H9BrN2O2/c1-13-10(4-5-14(15)16)6-8-2-3-9(12)7-11(8)13/h2-7H,1H3/b5-4+. The molecule has 0 saturated heterocycles. The summed E-state index contributed by atoms with van der Waals surface area (Å²) in [4.78, 5) is 9.79. The van der Waals surface area contributed by atoms with Gasteiger partial charge in [-0.25, -0.2) is 0 Å². The first-order valence-electron chi connectivity index (χ1n) is 4.64. The largest absolute Gasteiger partial charge is 0.344 e. The van der Waals surface area contributed by atoms with Crippen molar-refractivity contribution in [3.05, 3.63) is 50.7 Å². The van der Waals surface area contributed by atoms with E-state index in [0.29, 0.717) is 0 Å². The number of rotatable bonds is 2. The second kappa shape index (κ2) is 4.09. The van der Waals surface area contributed by atoms with Crippen molar-refractivity contribution in [2.75, 3.05) is 0 Å². The maximum Gasteiger partial charge on any atom is 0.236 e. The lowest BCUT2D eigenvalue weighted by Crippen LogP contribution is -1.91. The van der Waals surface area contributed by atoms with Crippen molar-refractivity contribution in [3.8, 4) is 0 Å². The number of benzene rings is 1. The quantitative estimate of drug-likeness (QED) is 0.627. The van der Waals surface area contributed by atoms with E-state index in [4.69, 9.17) is 0 Å². The van der Waals surface area contributed by atoms with Crippen LogP contribution in [0.25, 0.3) is 17.0 Å². The van der Waals surface area contributed by atoms with E-state index in [-0.39, 0.29) is 0 Å². The summed E-state index contributed by atoms with van der Waals surface area (Å²) in [6, 6.07) is 7.83. The zero-order valence-electron chi connectivity index (χ0n) is 8.55. The van der Waals surface area contributed by atoms with Crippen LogP contribution in [-0.4, -0.2) is 9.49 Å². The summed E-state index contributed by atoms with van der Waals surface area (Å²) in [7, 11) is 1.88. The van der Waals surface area contributed by atoms with E-state index in [1.807, 2.05) is 35.9 Å². The molecule has 16 heavy (non-hydrogen) atoms. The monoisotopic (exact) mass is 280 g/mol. The van der Waals surface area contributed by atoms with Gasteiger partial charge in [-0.05, 0) is 18.2 Å². The molecule has 0 N–H and O–H groups in total. The van der Waals surface area contributed by atoms with Gasteiger partial charge in [0.1, 0.15) is 0 Å². The lowest BCUT2D eigenvalue weighted by Gasteiger charge is -1.98. The molecule has 5 heteroatoms. The Kier molecular flexibility index (Phi) is 2.78. The molecule has 2 rings (SSSR count). The van der Waals surface area contributed by atoms with Crippen LogP contribution in [0.3, 0.4) is 0 Å². The fraction of sp³-hybridized carbons (Fsp3) is 0.0909. The molecule has 0 radical (unpaired) electrons. The smallest absolute Gasteiger partial charge is 0.236 e. The molecule has 0 aliphatic rings. The average Bonchev–Trinajstić information content (AvgIpc) is 2.53. The van der Waals surface area contributed by atoms with Gasteiger partial charge in [0.05, 0.1) is 4.92 Å². The number of hydrogen-bond donors (Lipinski definition) is 0. The van der Waals surface area contributed by atoms with Gasteiger partial charge >= 0.3 is 0 Å². The highest BCUT2D eigenvalue weighted by Gasteiger charge is 2.04. The molecule has 0 atom stereocenters. The van der Waals surface area contributed by atoms with Crippen LogP contribution < -0.4 is 0 Å². The molecule has 1 heterocycles. The zero-order valence-corrected chi connectivity index (χ0v) is 10.1. The van der Waals surface area contributed by atoms with Gasteiger partial charge in [0.15, 0.2) is 0 Å². The zero-order chi connectivity index (χ0) is 11.7. The van der Waals surface area contributed by atoms with Gasteiger partial charge in [-0.3, -0.25) is 10.1 Å². The maximum absolute atomic E-state index is 10.3. The van der Waals surface area contributed by atoms with Crippen molar-refractivity contribution in [2.45, 2.75) is 0 Å². The summed E-state index contributed by atoms with van der Waals surface area (Å²) in [5, 5.41) is 11.3. The van der Waals surface area contributed by atoms with Crippen LogP contribution in [0.1, 0.15) is 5.69 Å². The van der Waals surface area contributed by atoms with Crippen LogP contribution in [0, 0.1) is 10.1 Å². The summed E-state index contributed by atoms with van der Waals surface area (Å²) >= 11 is 3.40. The Hall–Kier alpha value is -1.62. The predicted octanol–water partition coefficient (Wildman–Crippen LogP) is 3.19. The molecule has 0 fully saturated rings. The average molecular weight is 281 g/mol. The number of aryl methyl sites for hydroxylation is 1. The van der Waals surface area contributed by atoms with Gasteiger partial charge in [0.2, 0.25) is 6.20 Å². The van der Waals surface area contributed by atoms with E-state index in [1.54, 1.807) is 0 Å². The van der Waals surface area contributed by atoms with Gasteiger partial charge in [0.25, 0.3) is 0 Å². The molecule has 0 amide bonds. The van der Waals surface area contributed by atoms with E-state index >= 15 is 0 Å². The number of fused-ring (bicyclic) bond motifs is 1. The summed E-state index contributed by atoms with van der Waals surface area (Å²) in [5.74, 6) is 0. The van der Waals surface area contributed by atoms with Crippen LogP contribution in [0.15, 0.2) is 34.9 Å².